The molecule has 18 heavy (non-hydrogen) atoms. The molecule has 0 spiro atoms. The third-order valence-electron chi connectivity index (χ3n) is 2.99. The van der Waals surface area contributed by atoms with Crippen molar-refractivity contribution >= 4 is 17.7 Å². The van der Waals surface area contributed by atoms with Gasteiger partial charge in [-0.05, 0) is 19.8 Å². The van der Waals surface area contributed by atoms with Crippen molar-refractivity contribution in [3.05, 3.63) is 0 Å². The fraction of sp³-hybridized carbons (Fsp3) is 0.923. The molecule has 0 radical (unpaired) electrons. The summed E-state index contributed by atoms with van der Waals surface area (Å²) in [7, 11) is 0. The van der Waals surface area contributed by atoms with Crippen LogP contribution >= 0.6 is 11.8 Å². The lowest BCUT2D eigenvalue weighted by Crippen LogP contribution is -2.45. The number of hydrogen-bond donors (Lipinski definition) is 1. The van der Waals surface area contributed by atoms with Crippen LogP contribution in [0.2, 0.25) is 0 Å². The van der Waals surface area contributed by atoms with Gasteiger partial charge >= 0.3 is 5.97 Å². The van der Waals surface area contributed by atoms with Crippen LogP contribution in [0, 0.1) is 5.92 Å². The van der Waals surface area contributed by atoms with Crippen LogP contribution in [0.4, 0.5) is 0 Å². The number of aliphatic carboxylic acids is 1. The first-order valence-corrected chi connectivity index (χ1v) is 7.51. The Morgan fingerprint density at radius 1 is 1.56 bits per heavy atom. The number of carboxylic acids is 1. The predicted molar refractivity (Wildman–Crippen MR) is 75.2 cm³/mol. The van der Waals surface area contributed by atoms with Gasteiger partial charge in [0.25, 0.3) is 0 Å². The highest BCUT2D eigenvalue weighted by Crippen LogP contribution is 2.26. The Bertz CT molecular complexity index is 281. The molecule has 1 rings (SSSR count). The predicted octanol–water partition coefficient (Wildman–Crippen LogP) is 1.94. The van der Waals surface area contributed by atoms with Crippen molar-refractivity contribution in [1.82, 2.24) is 4.90 Å². The monoisotopic (exact) mass is 275 g/mol. The summed E-state index contributed by atoms with van der Waals surface area (Å²) in [5, 5.41) is 9.07. The van der Waals surface area contributed by atoms with Gasteiger partial charge in [0.1, 0.15) is 4.75 Å². The third-order valence-corrected chi connectivity index (χ3v) is 4.43. The summed E-state index contributed by atoms with van der Waals surface area (Å²) in [6.45, 7) is 11.7. The molecule has 1 aliphatic rings. The lowest BCUT2D eigenvalue weighted by atomic mass is 10.2. The van der Waals surface area contributed by atoms with Crippen LogP contribution in [-0.4, -0.2) is 58.8 Å². The molecule has 4 nitrogen and oxygen atoms in total. The van der Waals surface area contributed by atoms with Crippen LogP contribution in [0.5, 0.6) is 0 Å². The van der Waals surface area contributed by atoms with Crippen LogP contribution in [0.15, 0.2) is 0 Å². The lowest BCUT2D eigenvalue weighted by molar-refractivity contribution is -0.138. The zero-order valence-electron chi connectivity index (χ0n) is 11.8. The highest BCUT2D eigenvalue weighted by Gasteiger charge is 2.30. The number of ether oxygens (including phenoxy) is 1. The van der Waals surface area contributed by atoms with Crippen LogP contribution in [0.1, 0.15) is 27.7 Å². The van der Waals surface area contributed by atoms with Crippen LogP contribution in [0.25, 0.3) is 0 Å². The largest absolute Gasteiger partial charge is 0.480 e. The van der Waals surface area contributed by atoms with Crippen molar-refractivity contribution in [3.8, 4) is 0 Å². The van der Waals surface area contributed by atoms with Gasteiger partial charge in [0.2, 0.25) is 0 Å². The van der Waals surface area contributed by atoms with E-state index in [2.05, 4.69) is 18.7 Å². The standard InChI is InChI=1S/C13H25NO3S/c1-10(2)7-14-5-6-17-11(8-14)9-18-13(3,4)12(15)16/h10-11H,5-9H2,1-4H3,(H,15,16). The van der Waals surface area contributed by atoms with Crippen LogP contribution in [0.3, 0.4) is 0 Å². The molecule has 0 aromatic rings. The molecule has 0 amide bonds. The number of thioether (sulfide) groups is 1. The molecule has 106 valence electrons. The Balaban J connectivity index is 2.36. The highest BCUT2D eigenvalue weighted by atomic mass is 32.2. The maximum absolute atomic E-state index is 11.0. The van der Waals surface area contributed by atoms with Gasteiger partial charge in [0.05, 0.1) is 12.7 Å². The van der Waals surface area contributed by atoms with E-state index in [-0.39, 0.29) is 6.10 Å². The van der Waals surface area contributed by atoms with E-state index in [9.17, 15) is 4.79 Å². The second-order valence-electron chi connectivity index (χ2n) is 5.77. The zero-order chi connectivity index (χ0) is 13.8. The molecule has 1 N–H and O–H groups in total. The molecule has 1 fully saturated rings. The summed E-state index contributed by atoms with van der Waals surface area (Å²) < 4.78 is 4.98. The zero-order valence-corrected chi connectivity index (χ0v) is 12.6. The molecular weight excluding hydrogens is 250 g/mol. The quantitative estimate of drug-likeness (QED) is 0.803. The van der Waals surface area contributed by atoms with Gasteiger partial charge in [-0.2, -0.15) is 0 Å². The molecule has 0 aromatic carbocycles. The minimum Gasteiger partial charge on any atom is -0.480 e. The summed E-state index contributed by atoms with van der Waals surface area (Å²) in [4.78, 5) is 13.4. The summed E-state index contributed by atoms with van der Waals surface area (Å²) in [6.07, 6.45) is 0.154. The smallest absolute Gasteiger partial charge is 0.319 e. The number of morpholine rings is 1. The molecule has 0 saturated carbocycles. The first kappa shape index (κ1) is 15.8. The van der Waals surface area contributed by atoms with Crippen molar-refractivity contribution in [2.24, 2.45) is 5.92 Å². The fourth-order valence-electron chi connectivity index (χ4n) is 1.93. The third kappa shape index (κ3) is 5.16. The molecular formula is C13H25NO3S. The van der Waals surface area contributed by atoms with Crippen LogP contribution < -0.4 is 0 Å². The summed E-state index contributed by atoms with van der Waals surface area (Å²) in [6, 6.07) is 0. The van der Waals surface area contributed by atoms with Gasteiger partial charge in [-0.3, -0.25) is 9.69 Å². The van der Waals surface area contributed by atoms with Gasteiger partial charge in [-0.1, -0.05) is 13.8 Å². The van der Waals surface area contributed by atoms with E-state index >= 15 is 0 Å². The molecule has 0 aromatic heterocycles. The molecule has 1 atom stereocenters. The normalized spacial score (nSPS) is 22.4. The van der Waals surface area contributed by atoms with Crippen molar-refractivity contribution in [2.75, 3.05) is 32.0 Å². The summed E-state index contributed by atoms with van der Waals surface area (Å²) >= 11 is 1.46. The van der Waals surface area contributed by atoms with Gasteiger partial charge < -0.3 is 9.84 Å². The van der Waals surface area contributed by atoms with Crippen molar-refractivity contribution < 1.29 is 14.6 Å². The number of carboxylic acid groups (broad SMARTS) is 1. The van der Waals surface area contributed by atoms with Gasteiger partial charge in [-0.15, -0.1) is 11.8 Å². The Kier molecular flexibility index (Phi) is 5.95. The van der Waals surface area contributed by atoms with E-state index in [0.29, 0.717) is 5.92 Å². The average Bonchev–Trinajstić information content (AvgIpc) is 2.26. The molecule has 1 heterocycles. The first-order valence-electron chi connectivity index (χ1n) is 6.52. The van der Waals surface area contributed by atoms with Gasteiger partial charge in [0.15, 0.2) is 0 Å². The SMILES string of the molecule is CC(C)CN1CCOC(CSC(C)(C)C(=O)O)C1. The van der Waals surface area contributed by atoms with E-state index in [0.717, 1.165) is 32.0 Å². The molecule has 1 unspecified atom stereocenters. The van der Waals surface area contributed by atoms with Gasteiger partial charge in [-0.25, -0.2) is 0 Å². The van der Waals surface area contributed by atoms with E-state index in [1.54, 1.807) is 13.8 Å². The van der Waals surface area contributed by atoms with E-state index in [4.69, 9.17) is 9.84 Å². The number of nitrogens with zero attached hydrogens (tertiary/aromatic N) is 1. The average molecular weight is 275 g/mol. The summed E-state index contributed by atoms with van der Waals surface area (Å²) in [5.74, 6) is 0.641. The molecule has 1 saturated heterocycles. The minimum atomic E-state index is -0.762. The lowest BCUT2D eigenvalue weighted by Gasteiger charge is -2.34. The van der Waals surface area contributed by atoms with E-state index < -0.39 is 10.7 Å². The molecule has 1 aliphatic heterocycles. The molecule has 5 heteroatoms. The number of carbonyl (C=O) groups is 1. The Labute approximate surface area is 114 Å². The topological polar surface area (TPSA) is 49.8 Å². The maximum atomic E-state index is 11.0. The second kappa shape index (κ2) is 6.78. The molecule has 0 bridgehead atoms. The van der Waals surface area contributed by atoms with Crippen molar-refractivity contribution in [3.63, 3.8) is 0 Å². The first-order chi connectivity index (χ1) is 8.31. The Morgan fingerprint density at radius 3 is 2.78 bits per heavy atom. The van der Waals surface area contributed by atoms with Crippen LogP contribution in [-0.2, 0) is 9.53 Å². The maximum Gasteiger partial charge on any atom is 0.319 e. The van der Waals surface area contributed by atoms with Crippen molar-refractivity contribution in [1.29, 1.82) is 0 Å². The Morgan fingerprint density at radius 2 is 2.22 bits per heavy atom. The number of hydrogen-bond acceptors (Lipinski definition) is 4. The van der Waals surface area contributed by atoms with E-state index in [1.807, 2.05) is 0 Å². The van der Waals surface area contributed by atoms with Gasteiger partial charge in [0, 0.05) is 25.4 Å². The second-order valence-corrected chi connectivity index (χ2v) is 7.42. The highest BCUT2D eigenvalue weighted by molar-refractivity contribution is 8.01. The number of rotatable bonds is 6. The summed E-state index contributed by atoms with van der Waals surface area (Å²) in [5.41, 5.74) is 0. The fourth-order valence-corrected chi connectivity index (χ4v) is 2.85. The van der Waals surface area contributed by atoms with E-state index in [1.165, 1.54) is 11.8 Å². The minimum absolute atomic E-state index is 0.154. The Hall–Kier alpha value is -0.260. The van der Waals surface area contributed by atoms with Crippen molar-refractivity contribution in [2.45, 2.75) is 38.5 Å². The molecule has 0 aliphatic carbocycles.